The smallest absolute Gasteiger partial charge is 0.342 e. The van der Waals surface area contributed by atoms with E-state index in [4.69, 9.17) is 14.0 Å². The molecule has 0 unspecified atom stereocenters. The van der Waals surface area contributed by atoms with E-state index >= 15 is 0 Å². The van der Waals surface area contributed by atoms with Crippen LogP contribution in [0.5, 0.6) is 5.75 Å². The van der Waals surface area contributed by atoms with E-state index in [1.165, 1.54) is 6.92 Å². The van der Waals surface area contributed by atoms with Crippen molar-refractivity contribution in [1.29, 1.82) is 0 Å². The van der Waals surface area contributed by atoms with Gasteiger partial charge in [-0.05, 0) is 39.8 Å². The van der Waals surface area contributed by atoms with Gasteiger partial charge < -0.3 is 19.3 Å². The predicted molar refractivity (Wildman–Crippen MR) is 90.3 cm³/mol. The van der Waals surface area contributed by atoms with E-state index in [0.29, 0.717) is 18.1 Å². The average Bonchev–Trinajstić information content (AvgIpc) is 2.91. The summed E-state index contributed by atoms with van der Waals surface area (Å²) in [4.78, 5) is 24.1. The zero-order valence-corrected chi connectivity index (χ0v) is 14.8. The molecule has 0 saturated heterocycles. The molecule has 0 bridgehead atoms. The summed E-state index contributed by atoms with van der Waals surface area (Å²) < 4.78 is 16.1. The van der Waals surface area contributed by atoms with Crippen LogP contribution in [-0.4, -0.2) is 29.7 Å². The minimum atomic E-state index is -0.886. The van der Waals surface area contributed by atoms with Crippen LogP contribution in [0.15, 0.2) is 28.8 Å². The van der Waals surface area contributed by atoms with Gasteiger partial charge in [0.1, 0.15) is 23.7 Å². The number of aromatic nitrogens is 1. The van der Waals surface area contributed by atoms with E-state index in [0.717, 1.165) is 11.3 Å². The molecule has 2 rings (SSSR count). The average molecular weight is 346 g/mol. The summed E-state index contributed by atoms with van der Waals surface area (Å²) in [5.74, 6) is 0.0797. The predicted octanol–water partition coefficient (Wildman–Crippen LogP) is 2.55. The number of aryl methyl sites for hydroxylation is 2. The van der Waals surface area contributed by atoms with Crippen LogP contribution < -0.4 is 10.1 Å². The van der Waals surface area contributed by atoms with E-state index < -0.39 is 12.1 Å². The summed E-state index contributed by atoms with van der Waals surface area (Å²) in [6.45, 7) is 7.63. The molecule has 2 aromatic rings. The first-order valence-electron chi connectivity index (χ1n) is 8.06. The first kappa shape index (κ1) is 18.5. The molecule has 0 spiro atoms. The number of rotatable bonds is 7. The number of likely N-dealkylation sites (N-methyl/N-ethyl adjacent to an activating group) is 1. The van der Waals surface area contributed by atoms with Gasteiger partial charge in [0, 0.05) is 6.54 Å². The normalized spacial score (nSPS) is 11.7. The highest BCUT2D eigenvalue weighted by Crippen LogP contribution is 2.22. The number of para-hydroxylation sites is 1. The summed E-state index contributed by atoms with van der Waals surface area (Å²) in [6.07, 6.45) is -0.886. The van der Waals surface area contributed by atoms with Crippen molar-refractivity contribution >= 4 is 11.9 Å². The number of carbonyl (C=O) groups is 2. The Balaban J connectivity index is 2.09. The fraction of sp³-hybridized carbons (Fsp3) is 0.389. The third kappa shape index (κ3) is 4.59. The van der Waals surface area contributed by atoms with Crippen molar-refractivity contribution in [2.24, 2.45) is 0 Å². The Kier molecular flexibility index (Phi) is 6.16. The quantitative estimate of drug-likeness (QED) is 0.775. The monoisotopic (exact) mass is 346 g/mol. The van der Waals surface area contributed by atoms with E-state index in [-0.39, 0.29) is 18.1 Å². The lowest BCUT2D eigenvalue weighted by Crippen LogP contribution is -2.35. The Morgan fingerprint density at radius 2 is 2.00 bits per heavy atom. The van der Waals surface area contributed by atoms with E-state index in [9.17, 15) is 9.59 Å². The Bertz CT molecular complexity index is 734. The van der Waals surface area contributed by atoms with Gasteiger partial charge in [-0.3, -0.25) is 4.79 Å². The zero-order chi connectivity index (χ0) is 18.4. The molecule has 0 aliphatic rings. The molecule has 0 radical (unpaired) electrons. The summed E-state index contributed by atoms with van der Waals surface area (Å²) in [5.41, 5.74) is 1.83. The molecule has 1 heterocycles. The highest BCUT2D eigenvalue weighted by molar-refractivity contribution is 5.94. The van der Waals surface area contributed by atoms with E-state index in [2.05, 4.69) is 10.5 Å². The Morgan fingerprint density at radius 3 is 2.64 bits per heavy atom. The summed E-state index contributed by atoms with van der Waals surface area (Å²) in [6, 6.07) is 6.73. The van der Waals surface area contributed by atoms with Crippen LogP contribution in [0.2, 0.25) is 0 Å². The standard InChI is InChI=1S/C18H22N2O5/c1-5-19-17(21)13(4)24-18(22)14-8-6-7-9-16(14)23-10-15-11(2)20-25-12(15)3/h6-9,13H,5,10H2,1-4H3,(H,19,21)/t13-/m1/s1. The molecule has 1 amide bonds. The number of carbonyl (C=O) groups excluding carboxylic acids is 2. The van der Waals surface area contributed by atoms with Crippen molar-refractivity contribution in [3.63, 3.8) is 0 Å². The number of ether oxygens (including phenoxy) is 2. The van der Waals surface area contributed by atoms with Gasteiger partial charge in [0.05, 0.1) is 11.3 Å². The number of esters is 1. The first-order chi connectivity index (χ1) is 11.9. The third-order valence-corrected chi connectivity index (χ3v) is 3.66. The molecule has 134 valence electrons. The topological polar surface area (TPSA) is 90.7 Å². The van der Waals surface area contributed by atoms with Gasteiger partial charge in [-0.25, -0.2) is 4.79 Å². The number of hydrogen-bond acceptors (Lipinski definition) is 6. The number of nitrogens with one attached hydrogen (secondary N) is 1. The molecular formula is C18H22N2O5. The Hall–Kier alpha value is -2.83. The van der Waals surface area contributed by atoms with Crippen molar-refractivity contribution in [1.82, 2.24) is 10.5 Å². The van der Waals surface area contributed by atoms with Gasteiger partial charge in [-0.2, -0.15) is 0 Å². The lowest BCUT2D eigenvalue weighted by atomic mass is 10.2. The van der Waals surface area contributed by atoms with Gasteiger partial charge in [-0.1, -0.05) is 17.3 Å². The van der Waals surface area contributed by atoms with Crippen LogP contribution in [-0.2, 0) is 16.1 Å². The molecule has 0 fully saturated rings. The van der Waals surface area contributed by atoms with Gasteiger partial charge in [0.15, 0.2) is 6.10 Å². The fourth-order valence-corrected chi connectivity index (χ4v) is 2.21. The second-order valence-corrected chi connectivity index (χ2v) is 5.53. The lowest BCUT2D eigenvalue weighted by Gasteiger charge is -2.15. The lowest BCUT2D eigenvalue weighted by molar-refractivity contribution is -0.128. The first-order valence-corrected chi connectivity index (χ1v) is 8.06. The molecular weight excluding hydrogens is 324 g/mol. The van der Waals surface area contributed by atoms with Crippen LogP contribution in [0, 0.1) is 13.8 Å². The van der Waals surface area contributed by atoms with E-state index in [1.54, 1.807) is 38.1 Å². The molecule has 7 heteroatoms. The van der Waals surface area contributed by atoms with Gasteiger partial charge in [-0.15, -0.1) is 0 Å². The number of amides is 1. The number of nitrogens with zero attached hydrogens (tertiary/aromatic N) is 1. The van der Waals surface area contributed by atoms with Crippen molar-refractivity contribution in [2.45, 2.75) is 40.4 Å². The number of benzene rings is 1. The Labute approximate surface area is 146 Å². The fourth-order valence-electron chi connectivity index (χ4n) is 2.21. The molecule has 1 aromatic carbocycles. The molecule has 1 atom stereocenters. The van der Waals surface area contributed by atoms with Crippen LogP contribution in [0.4, 0.5) is 0 Å². The van der Waals surface area contributed by atoms with Crippen molar-refractivity contribution < 1.29 is 23.6 Å². The second-order valence-electron chi connectivity index (χ2n) is 5.53. The van der Waals surface area contributed by atoms with Crippen LogP contribution >= 0.6 is 0 Å². The van der Waals surface area contributed by atoms with Crippen molar-refractivity contribution in [3.8, 4) is 5.75 Å². The minimum Gasteiger partial charge on any atom is -0.488 e. The molecule has 25 heavy (non-hydrogen) atoms. The highest BCUT2D eigenvalue weighted by atomic mass is 16.5. The van der Waals surface area contributed by atoms with E-state index in [1.807, 2.05) is 6.92 Å². The maximum Gasteiger partial charge on any atom is 0.342 e. The highest BCUT2D eigenvalue weighted by Gasteiger charge is 2.21. The SMILES string of the molecule is CCNC(=O)[C@@H](C)OC(=O)c1ccccc1OCc1c(C)noc1C. The Morgan fingerprint density at radius 1 is 1.28 bits per heavy atom. The number of hydrogen-bond donors (Lipinski definition) is 1. The van der Waals surface area contributed by atoms with Crippen LogP contribution in [0.1, 0.15) is 41.2 Å². The van der Waals surface area contributed by atoms with Gasteiger partial charge in [0.2, 0.25) is 0 Å². The minimum absolute atomic E-state index is 0.220. The molecule has 0 aliphatic heterocycles. The molecule has 1 aromatic heterocycles. The molecule has 0 aliphatic carbocycles. The summed E-state index contributed by atoms with van der Waals surface area (Å²) >= 11 is 0. The van der Waals surface area contributed by atoms with Crippen LogP contribution in [0.25, 0.3) is 0 Å². The summed E-state index contributed by atoms with van der Waals surface area (Å²) in [5, 5.41) is 6.48. The maximum atomic E-state index is 12.4. The van der Waals surface area contributed by atoms with Crippen molar-refractivity contribution in [3.05, 3.63) is 46.8 Å². The largest absolute Gasteiger partial charge is 0.488 e. The maximum absolute atomic E-state index is 12.4. The zero-order valence-electron chi connectivity index (χ0n) is 14.8. The molecule has 0 saturated carbocycles. The molecule has 1 N–H and O–H groups in total. The summed E-state index contributed by atoms with van der Waals surface area (Å²) in [7, 11) is 0. The van der Waals surface area contributed by atoms with Crippen molar-refractivity contribution in [2.75, 3.05) is 6.54 Å². The second kappa shape index (κ2) is 8.32. The van der Waals surface area contributed by atoms with Crippen LogP contribution in [0.3, 0.4) is 0 Å². The van der Waals surface area contributed by atoms with Gasteiger partial charge >= 0.3 is 5.97 Å². The molecule has 7 nitrogen and oxygen atoms in total. The van der Waals surface area contributed by atoms with Gasteiger partial charge in [0.25, 0.3) is 5.91 Å². The third-order valence-electron chi connectivity index (χ3n) is 3.66.